The van der Waals surface area contributed by atoms with Gasteiger partial charge in [-0.15, -0.1) is 0 Å². The number of ether oxygens (including phenoxy) is 2. The van der Waals surface area contributed by atoms with Crippen LogP contribution >= 0.6 is 0 Å². The summed E-state index contributed by atoms with van der Waals surface area (Å²) in [7, 11) is 0. The van der Waals surface area contributed by atoms with Crippen molar-refractivity contribution in [2.24, 2.45) is 0 Å². The Morgan fingerprint density at radius 1 is 1.33 bits per heavy atom. The number of nitrogens with zero attached hydrogens (tertiary/aromatic N) is 1. The molecule has 2 rings (SSSR count). The summed E-state index contributed by atoms with van der Waals surface area (Å²) in [5.74, 6) is 0.253. The Kier molecular flexibility index (Phi) is 4.73. The summed E-state index contributed by atoms with van der Waals surface area (Å²) >= 11 is 0. The van der Waals surface area contributed by atoms with Gasteiger partial charge in [-0.3, -0.25) is 10.1 Å². The lowest BCUT2D eigenvalue weighted by atomic mass is 10.1. The van der Waals surface area contributed by atoms with Gasteiger partial charge in [-0.05, 0) is 58.6 Å². The van der Waals surface area contributed by atoms with Crippen LogP contribution in [0.15, 0.2) is 12.1 Å². The minimum atomic E-state index is -0.576. The van der Waals surface area contributed by atoms with Gasteiger partial charge in [0.25, 0.3) is 0 Å². The zero-order chi connectivity index (χ0) is 18.1. The lowest BCUT2D eigenvalue weighted by Gasteiger charge is -2.23. The van der Waals surface area contributed by atoms with Crippen LogP contribution in [0.5, 0.6) is 5.75 Å². The van der Waals surface area contributed by atoms with Crippen LogP contribution in [0.1, 0.15) is 44.7 Å². The molecule has 1 fully saturated rings. The number of amides is 1. The van der Waals surface area contributed by atoms with Crippen molar-refractivity contribution in [2.45, 2.75) is 58.6 Å². The molecule has 0 bridgehead atoms. The molecule has 1 aromatic rings. The molecule has 1 aliphatic rings. The first-order valence-electron chi connectivity index (χ1n) is 7.91. The maximum Gasteiger partial charge on any atom is 0.408 e. The Morgan fingerprint density at radius 3 is 2.46 bits per heavy atom. The Labute approximate surface area is 141 Å². The van der Waals surface area contributed by atoms with Crippen LogP contribution in [0.25, 0.3) is 0 Å². The van der Waals surface area contributed by atoms with Crippen molar-refractivity contribution < 1.29 is 19.2 Å². The fraction of sp³-hybridized carbons (Fsp3) is 0.588. The highest BCUT2D eigenvalue weighted by molar-refractivity contribution is 5.69. The van der Waals surface area contributed by atoms with Crippen LogP contribution in [-0.2, 0) is 4.74 Å². The van der Waals surface area contributed by atoms with Crippen molar-refractivity contribution in [3.8, 4) is 5.75 Å². The number of nitro groups is 1. The van der Waals surface area contributed by atoms with Crippen molar-refractivity contribution in [3.05, 3.63) is 33.4 Å². The molecule has 24 heavy (non-hydrogen) atoms. The fourth-order valence-corrected chi connectivity index (χ4v) is 2.44. The third-order valence-electron chi connectivity index (χ3n) is 3.71. The third kappa shape index (κ3) is 4.59. The predicted octanol–water partition coefficient (Wildman–Crippen LogP) is 3.65. The smallest absolute Gasteiger partial charge is 0.408 e. The highest BCUT2D eigenvalue weighted by atomic mass is 16.6. The molecule has 1 aliphatic carbocycles. The molecule has 1 aromatic carbocycles. The first-order valence-corrected chi connectivity index (χ1v) is 7.91. The van der Waals surface area contributed by atoms with Gasteiger partial charge in [0.05, 0.1) is 10.5 Å². The number of carbonyl (C=O) groups excluding carboxylic acids is 1. The molecule has 0 aliphatic heterocycles. The summed E-state index contributed by atoms with van der Waals surface area (Å²) in [6.07, 6.45) is 1.01. The molecule has 1 N–H and O–H groups in total. The number of alkyl carbamates (subject to hydrolysis) is 1. The Hall–Kier alpha value is -2.31. The maximum absolute atomic E-state index is 11.9. The van der Waals surface area contributed by atoms with Gasteiger partial charge in [0.2, 0.25) is 0 Å². The van der Waals surface area contributed by atoms with E-state index in [1.165, 1.54) is 6.07 Å². The average Bonchev–Trinajstić information content (AvgIpc) is 3.14. The monoisotopic (exact) mass is 336 g/mol. The molecule has 7 heteroatoms. The lowest BCUT2D eigenvalue weighted by molar-refractivity contribution is -0.386. The summed E-state index contributed by atoms with van der Waals surface area (Å²) < 4.78 is 11.0. The van der Waals surface area contributed by atoms with Crippen LogP contribution in [0.2, 0.25) is 0 Å². The molecule has 0 unspecified atom stereocenters. The largest absolute Gasteiger partial charge is 0.484 e. The van der Waals surface area contributed by atoms with Crippen LogP contribution in [0, 0.1) is 24.0 Å². The van der Waals surface area contributed by atoms with E-state index in [-0.39, 0.29) is 18.0 Å². The molecule has 0 heterocycles. The van der Waals surface area contributed by atoms with Crippen molar-refractivity contribution in [1.82, 2.24) is 5.32 Å². The lowest BCUT2D eigenvalue weighted by Crippen LogP contribution is -2.44. The van der Waals surface area contributed by atoms with E-state index < -0.39 is 22.2 Å². The van der Waals surface area contributed by atoms with Gasteiger partial charge in [-0.1, -0.05) is 6.07 Å². The van der Waals surface area contributed by atoms with E-state index >= 15 is 0 Å². The van der Waals surface area contributed by atoms with E-state index in [1.54, 1.807) is 34.6 Å². The zero-order valence-electron chi connectivity index (χ0n) is 14.8. The highest BCUT2D eigenvalue weighted by Gasteiger charge is 2.46. The zero-order valence-corrected chi connectivity index (χ0v) is 14.8. The Morgan fingerprint density at radius 2 is 1.96 bits per heavy atom. The standard InChI is InChI=1S/C17H24N2O5/c1-11-8-12(2)14(13(9-11)19(21)22)23-10-17(6-7-17)18-15(20)24-16(3,4)5/h8-9H,6-7,10H2,1-5H3,(H,18,20). The molecule has 0 atom stereocenters. The van der Waals surface area contributed by atoms with Gasteiger partial charge in [-0.2, -0.15) is 0 Å². The topological polar surface area (TPSA) is 90.7 Å². The number of rotatable bonds is 5. The highest BCUT2D eigenvalue weighted by Crippen LogP contribution is 2.39. The van der Waals surface area contributed by atoms with Crippen molar-refractivity contribution in [2.75, 3.05) is 6.61 Å². The molecule has 7 nitrogen and oxygen atoms in total. The summed E-state index contributed by atoms with van der Waals surface area (Å²) in [5.41, 5.74) is 0.371. The predicted molar refractivity (Wildman–Crippen MR) is 89.4 cm³/mol. The van der Waals surface area contributed by atoms with Gasteiger partial charge in [-0.25, -0.2) is 4.79 Å². The van der Waals surface area contributed by atoms with Gasteiger partial charge in [0, 0.05) is 6.07 Å². The van der Waals surface area contributed by atoms with Crippen LogP contribution in [0.3, 0.4) is 0 Å². The number of hydrogen-bond donors (Lipinski definition) is 1. The van der Waals surface area contributed by atoms with E-state index in [2.05, 4.69) is 5.32 Å². The van der Waals surface area contributed by atoms with Crippen molar-refractivity contribution >= 4 is 11.8 Å². The SMILES string of the molecule is Cc1cc(C)c(OCC2(NC(=O)OC(C)(C)C)CC2)c([N+](=O)[O-])c1. The van der Waals surface area contributed by atoms with Gasteiger partial charge < -0.3 is 14.8 Å². The second-order valence-corrected chi connectivity index (χ2v) is 7.38. The first kappa shape index (κ1) is 18.0. The van der Waals surface area contributed by atoms with Crippen molar-refractivity contribution in [3.63, 3.8) is 0 Å². The third-order valence-corrected chi connectivity index (χ3v) is 3.71. The molecule has 0 aromatic heterocycles. The molecule has 0 radical (unpaired) electrons. The molecule has 1 amide bonds. The molecular weight excluding hydrogens is 312 g/mol. The van der Waals surface area contributed by atoms with E-state index in [4.69, 9.17) is 9.47 Å². The minimum absolute atomic E-state index is 0.0550. The number of hydrogen-bond acceptors (Lipinski definition) is 5. The van der Waals surface area contributed by atoms with Crippen LogP contribution in [0.4, 0.5) is 10.5 Å². The first-order chi connectivity index (χ1) is 11.0. The number of carbonyl (C=O) groups is 1. The average molecular weight is 336 g/mol. The van der Waals surface area contributed by atoms with Crippen LogP contribution in [-0.4, -0.2) is 28.8 Å². The normalized spacial score (nSPS) is 15.5. The van der Waals surface area contributed by atoms with Gasteiger partial charge >= 0.3 is 11.8 Å². The van der Waals surface area contributed by atoms with E-state index in [0.717, 1.165) is 18.4 Å². The molecular formula is C17H24N2O5. The summed E-state index contributed by atoms with van der Waals surface area (Å²) in [6, 6.07) is 3.33. The minimum Gasteiger partial charge on any atom is -0.484 e. The number of benzene rings is 1. The second kappa shape index (κ2) is 6.30. The van der Waals surface area contributed by atoms with Crippen LogP contribution < -0.4 is 10.1 Å². The summed E-state index contributed by atoms with van der Waals surface area (Å²) in [5, 5.41) is 14.1. The maximum atomic E-state index is 11.9. The number of nitrogens with one attached hydrogen (secondary N) is 1. The van der Waals surface area contributed by atoms with E-state index in [1.807, 2.05) is 6.07 Å². The molecule has 0 spiro atoms. The summed E-state index contributed by atoms with van der Waals surface area (Å²) in [4.78, 5) is 22.7. The van der Waals surface area contributed by atoms with Gasteiger partial charge in [0.1, 0.15) is 12.2 Å². The Bertz CT molecular complexity index is 660. The molecule has 1 saturated carbocycles. The molecule has 0 saturated heterocycles. The quantitative estimate of drug-likeness (QED) is 0.654. The number of nitro benzene ring substituents is 1. The van der Waals surface area contributed by atoms with E-state index in [0.29, 0.717) is 5.56 Å². The Balaban J connectivity index is 2.06. The summed E-state index contributed by atoms with van der Waals surface area (Å²) in [6.45, 7) is 9.13. The second-order valence-electron chi connectivity index (χ2n) is 7.38. The molecule has 132 valence electrons. The van der Waals surface area contributed by atoms with Crippen molar-refractivity contribution in [1.29, 1.82) is 0 Å². The fourth-order valence-electron chi connectivity index (χ4n) is 2.44. The van der Waals surface area contributed by atoms with E-state index in [9.17, 15) is 14.9 Å². The number of aryl methyl sites for hydroxylation is 2. The van der Waals surface area contributed by atoms with Gasteiger partial charge in [0.15, 0.2) is 5.75 Å².